The molecule has 0 unspecified atom stereocenters. The van der Waals surface area contributed by atoms with Crippen LogP contribution in [0.15, 0.2) is 48.5 Å². The number of anilines is 1. The molecule has 0 spiro atoms. The maximum Gasteiger partial charge on any atom is 0.232 e. The van der Waals surface area contributed by atoms with Gasteiger partial charge in [-0.05, 0) is 30.7 Å². The first-order valence-corrected chi connectivity index (χ1v) is 11.3. The van der Waals surface area contributed by atoms with E-state index >= 15 is 0 Å². The van der Waals surface area contributed by atoms with Crippen molar-refractivity contribution < 1.29 is 17.9 Å². The summed E-state index contributed by atoms with van der Waals surface area (Å²) >= 11 is 12.2. The number of hydrogen-bond acceptors (Lipinski definition) is 4. The summed E-state index contributed by atoms with van der Waals surface area (Å²) in [6.45, 7) is 0.802. The number of para-hydroxylation sites is 2. The van der Waals surface area contributed by atoms with E-state index in [9.17, 15) is 13.2 Å². The molecule has 0 aliphatic carbocycles. The highest BCUT2D eigenvalue weighted by molar-refractivity contribution is 7.92. The van der Waals surface area contributed by atoms with E-state index in [1.165, 1.54) is 0 Å². The standard InChI is InChI=1S/C19H22Cl2N2O4S/c1-28(25,26)23(19-16(20)9-5-10-17(19)21)13-6-11-18(24)22-12-14-27-15-7-3-2-4-8-15/h2-5,7-10H,6,11-14H2,1H3,(H,22,24). The molecule has 6 nitrogen and oxygen atoms in total. The SMILES string of the molecule is CS(=O)(=O)N(CCCC(=O)NCCOc1ccccc1)c1c(Cl)cccc1Cl. The van der Waals surface area contributed by atoms with Gasteiger partial charge in [0.05, 0.1) is 28.5 Å². The second-order valence-corrected chi connectivity index (χ2v) is 8.74. The zero-order valence-electron chi connectivity index (χ0n) is 15.4. The van der Waals surface area contributed by atoms with Crippen LogP contribution in [-0.2, 0) is 14.8 Å². The molecule has 0 saturated heterocycles. The third-order valence-electron chi connectivity index (χ3n) is 3.79. The van der Waals surface area contributed by atoms with Gasteiger partial charge in [-0.25, -0.2) is 8.42 Å². The van der Waals surface area contributed by atoms with Crippen LogP contribution in [0, 0.1) is 0 Å². The second kappa shape index (κ2) is 10.5. The Hall–Kier alpha value is -1.96. The summed E-state index contributed by atoms with van der Waals surface area (Å²) in [4.78, 5) is 12.0. The third kappa shape index (κ3) is 6.89. The zero-order chi connectivity index (χ0) is 20.6. The summed E-state index contributed by atoms with van der Waals surface area (Å²) in [5, 5.41) is 3.22. The van der Waals surface area contributed by atoms with Crippen LogP contribution in [0.25, 0.3) is 0 Å². The zero-order valence-corrected chi connectivity index (χ0v) is 17.7. The Morgan fingerprint density at radius 1 is 1.07 bits per heavy atom. The van der Waals surface area contributed by atoms with Gasteiger partial charge in [0.1, 0.15) is 12.4 Å². The third-order valence-corrected chi connectivity index (χ3v) is 5.56. The fourth-order valence-electron chi connectivity index (χ4n) is 2.52. The van der Waals surface area contributed by atoms with E-state index in [-0.39, 0.29) is 34.6 Å². The minimum atomic E-state index is -3.60. The Kier molecular flexibility index (Phi) is 8.41. The molecular formula is C19H22Cl2N2O4S. The summed E-state index contributed by atoms with van der Waals surface area (Å²) in [5.74, 6) is 0.549. The average Bonchev–Trinajstić information content (AvgIpc) is 2.64. The molecule has 0 aliphatic heterocycles. The van der Waals surface area contributed by atoms with Crippen LogP contribution in [0.5, 0.6) is 5.75 Å². The molecule has 0 fully saturated rings. The molecular weight excluding hydrogens is 423 g/mol. The van der Waals surface area contributed by atoms with Crippen LogP contribution in [0.2, 0.25) is 10.0 Å². The van der Waals surface area contributed by atoms with E-state index in [0.29, 0.717) is 19.6 Å². The van der Waals surface area contributed by atoms with Crippen LogP contribution >= 0.6 is 23.2 Å². The molecule has 0 heterocycles. The van der Waals surface area contributed by atoms with Gasteiger partial charge in [0.15, 0.2) is 0 Å². The molecule has 28 heavy (non-hydrogen) atoms. The van der Waals surface area contributed by atoms with Crippen molar-refractivity contribution in [3.8, 4) is 5.75 Å². The van der Waals surface area contributed by atoms with E-state index < -0.39 is 10.0 Å². The molecule has 152 valence electrons. The lowest BCUT2D eigenvalue weighted by atomic mass is 10.2. The Balaban J connectivity index is 1.81. The number of hydrogen-bond donors (Lipinski definition) is 1. The van der Waals surface area contributed by atoms with E-state index in [1.54, 1.807) is 18.2 Å². The fourth-order valence-corrected chi connectivity index (χ4v) is 4.21. The van der Waals surface area contributed by atoms with Crippen LogP contribution in [0.1, 0.15) is 12.8 Å². The van der Waals surface area contributed by atoms with Crippen molar-refractivity contribution in [2.45, 2.75) is 12.8 Å². The molecule has 0 aromatic heterocycles. The maximum atomic E-state index is 12.1. The Bertz CT molecular complexity index is 872. The molecule has 2 rings (SSSR count). The van der Waals surface area contributed by atoms with Gasteiger partial charge in [0.25, 0.3) is 0 Å². The smallest absolute Gasteiger partial charge is 0.232 e. The van der Waals surface area contributed by atoms with Crippen molar-refractivity contribution in [2.75, 3.05) is 30.3 Å². The van der Waals surface area contributed by atoms with Gasteiger partial charge in [-0.3, -0.25) is 9.10 Å². The molecule has 0 radical (unpaired) electrons. The van der Waals surface area contributed by atoms with E-state index in [0.717, 1.165) is 16.3 Å². The molecule has 1 amide bonds. The van der Waals surface area contributed by atoms with Crippen molar-refractivity contribution in [3.05, 3.63) is 58.6 Å². The van der Waals surface area contributed by atoms with Crippen molar-refractivity contribution in [1.29, 1.82) is 0 Å². The van der Waals surface area contributed by atoms with E-state index in [1.807, 2.05) is 30.3 Å². The predicted molar refractivity (Wildman–Crippen MR) is 113 cm³/mol. The average molecular weight is 445 g/mol. The minimum absolute atomic E-state index is 0.0935. The van der Waals surface area contributed by atoms with Gasteiger partial charge in [0, 0.05) is 13.0 Å². The topological polar surface area (TPSA) is 75.7 Å². The number of carbonyl (C=O) groups is 1. The van der Waals surface area contributed by atoms with Crippen LogP contribution in [-0.4, -0.2) is 40.3 Å². The summed E-state index contributed by atoms with van der Waals surface area (Å²) < 4.78 is 30.9. The van der Waals surface area contributed by atoms with Gasteiger partial charge in [-0.1, -0.05) is 47.5 Å². The number of rotatable bonds is 10. The Labute approximate surface area is 175 Å². The fraction of sp³-hybridized carbons (Fsp3) is 0.316. The second-order valence-electron chi connectivity index (χ2n) is 6.02. The van der Waals surface area contributed by atoms with Gasteiger partial charge in [-0.15, -0.1) is 0 Å². The summed E-state index contributed by atoms with van der Waals surface area (Å²) in [6.07, 6.45) is 1.56. The molecule has 2 aromatic rings. The maximum absolute atomic E-state index is 12.1. The lowest BCUT2D eigenvalue weighted by molar-refractivity contribution is -0.121. The lowest BCUT2D eigenvalue weighted by Gasteiger charge is -2.24. The van der Waals surface area contributed by atoms with Gasteiger partial charge in [0.2, 0.25) is 15.9 Å². The van der Waals surface area contributed by atoms with Crippen molar-refractivity contribution in [3.63, 3.8) is 0 Å². The minimum Gasteiger partial charge on any atom is -0.492 e. The van der Waals surface area contributed by atoms with Gasteiger partial charge in [-0.2, -0.15) is 0 Å². The largest absolute Gasteiger partial charge is 0.492 e. The van der Waals surface area contributed by atoms with Crippen molar-refractivity contribution in [2.24, 2.45) is 0 Å². The molecule has 0 bridgehead atoms. The first-order chi connectivity index (χ1) is 13.3. The highest BCUT2D eigenvalue weighted by atomic mass is 35.5. The number of amides is 1. The quantitative estimate of drug-likeness (QED) is 0.566. The number of nitrogens with zero attached hydrogens (tertiary/aromatic N) is 1. The lowest BCUT2D eigenvalue weighted by Crippen LogP contribution is -2.33. The molecule has 2 aromatic carbocycles. The number of halogens is 2. The van der Waals surface area contributed by atoms with Crippen molar-refractivity contribution in [1.82, 2.24) is 5.32 Å². The van der Waals surface area contributed by atoms with E-state index in [2.05, 4.69) is 5.32 Å². The number of ether oxygens (including phenoxy) is 1. The molecule has 1 N–H and O–H groups in total. The van der Waals surface area contributed by atoms with Crippen LogP contribution in [0.4, 0.5) is 5.69 Å². The number of benzene rings is 2. The summed E-state index contributed by atoms with van der Waals surface area (Å²) in [5.41, 5.74) is 0.227. The molecule has 0 aliphatic rings. The number of nitrogens with one attached hydrogen (secondary N) is 1. The monoisotopic (exact) mass is 444 g/mol. The molecule has 0 saturated carbocycles. The molecule has 9 heteroatoms. The highest BCUT2D eigenvalue weighted by Crippen LogP contribution is 2.35. The first kappa shape index (κ1) is 22.3. The van der Waals surface area contributed by atoms with Crippen LogP contribution < -0.4 is 14.4 Å². The first-order valence-electron chi connectivity index (χ1n) is 8.65. The number of sulfonamides is 1. The molecule has 0 atom stereocenters. The highest BCUT2D eigenvalue weighted by Gasteiger charge is 2.22. The van der Waals surface area contributed by atoms with E-state index in [4.69, 9.17) is 27.9 Å². The van der Waals surface area contributed by atoms with Gasteiger partial charge >= 0.3 is 0 Å². The normalized spacial score (nSPS) is 11.1. The predicted octanol–water partition coefficient (Wildman–Crippen LogP) is 3.73. The van der Waals surface area contributed by atoms with Gasteiger partial charge < -0.3 is 10.1 Å². The summed E-state index contributed by atoms with van der Waals surface area (Å²) in [6, 6.07) is 14.1. The summed E-state index contributed by atoms with van der Waals surface area (Å²) in [7, 11) is -3.60. The van der Waals surface area contributed by atoms with Crippen LogP contribution in [0.3, 0.4) is 0 Å². The Morgan fingerprint density at radius 3 is 2.32 bits per heavy atom. The van der Waals surface area contributed by atoms with Crippen molar-refractivity contribution >= 4 is 44.8 Å². The Morgan fingerprint density at radius 2 is 1.71 bits per heavy atom. The number of carbonyl (C=O) groups excluding carboxylic acids is 1.